The first-order valence-corrected chi connectivity index (χ1v) is 3.10. The first-order chi connectivity index (χ1) is 6.93. The van der Waals surface area contributed by atoms with Crippen molar-refractivity contribution < 1.29 is 79.8 Å². The maximum absolute atomic E-state index is 7.17. The first-order valence-electron chi connectivity index (χ1n) is 3.10. The molecule has 0 heterocycles. The normalized spacial score (nSPS) is 6.00. The summed E-state index contributed by atoms with van der Waals surface area (Å²) in [5.74, 6) is 0. The molecule has 12 N–H and O–H groups in total. The van der Waals surface area contributed by atoms with E-state index >= 15 is 0 Å². The second-order valence-electron chi connectivity index (χ2n) is 1.39. The van der Waals surface area contributed by atoms with Gasteiger partial charge in [-0.05, 0) is 0 Å². The van der Waals surface area contributed by atoms with Crippen molar-refractivity contribution >= 4 is 58.8 Å². The molecule has 0 unspecified atom stereocenters. The standard InChI is InChI=1S/4BH3O3.Na.Zn.H/c4*2-1(3)4;;;/h4*2-4H;;;. The number of hydrogen-bond donors (Lipinski definition) is 12. The van der Waals surface area contributed by atoms with E-state index in [0.717, 1.165) is 0 Å². The predicted molar refractivity (Wildman–Crippen MR) is 56.8 cm³/mol. The van der Waals surface area contributed by atoms with Gasteiger partial charge in [0.15, 0.2) is 0 Å². The summed E-state index contributed by atoms with van der Waals surface area (Å²) in [6.07, 6.45) is 0. The minimum atomic E-state index is -2.17. The van der Waals surface area contributed by atoms with Gasteiger partial charge in [-0.15, -0.1) is 0 Å². The van der Waals surface area contributed by atoms with Crippen LogP contribution < -0.4 is 0 Å². The van der Waals surface area contributed by atoms with Gasteiger partial charge in [0.2, 0.25) is 0 Å². The molecule has 12 nitrogen and oxygen atoms in total. The van der Waals surface area contributed by atoms with Crippen molar-refractivity contribution in [2.45, 2.75) is 0 Å². The predicted octanol–water partition coefficient (Wildman–Crippen LogP) is -8.86. The van der Waals surface area contributed by atoms with Crippen LogP contribution in [-0.2, 0) is 19.5 Å². The molecule has 0 radical (unpaired) electrons. The molecule has 0 aliphatic heterocycles. The summed E-state index contributed by atoms with van der Waals surface area (Å²) in [6.45, 7) is 0. The minimum absolute atomic E-state index is 0. The Morgan fingerprint density at radius 3 is 0.333 bits per heavy atom. The third-order valence-corrected chi connectivity index (χ3v) is 0. The van der Waals surface area contributed by atoms with E-state index in [9.17, 15) is 0 Å². The van der Waals surface area contributed by atoms with Gasteiger partial charge in [0.1, 0.15) is 0 Å². The molecule has 18 heavy (non-hydrogen) atoms. The van der Waals surface area contributed by atoms with Gasteiger partial charge in [0.05, 0.1) is 0 Å². The van der Waals surface area contributed by atoms with E-state index in [1.54, 1.807) is 0 Å². The summed E-state index contributed by atoms with van der Waals surface area (Å²) in [6, 6.07) is 0. The molecule has 0 aliphatic rings. The van der Waals surface area contributed by atoms with E-state index in [4.69, 9.17) is 60.3 Å². The zero-order valence-corrected chi connectivity index (χ0v) is 11.4. The van der Waals surface area contributed by atoms with Crippen LogP contribution >= 0.6 is 0 Å². The largest absolute Gasteiger partial charge is 0 e. The van der Waals surface area contributed by atoms with Gasteiger partial charge in [-0.2, -0.15) is 0 Å². The molecule has 0 aromatic heterocycles. The molecule has 0 spiro atoms. The topological polar surface area (TPSA) is 243 Å². The van der Waals surface area contributed by atoms with Gasteiger partial charge in [0.25, 0.3) is 0 Å². The molecule has 100 valence electrons. The second-order valence-corrected chi connectivity index (χ2v) is 1.39. The fourth-order valence-corrected chi connectivity index (χ4v) is 0. The molecule has 0 amide bonds. The van der Waals surface area contributed by atoms with E-state index in [1.807, 2.05) is 0 Å². The number of rotatable bonds is 0. The Hall–Kier alpha value is 1.40. The maximum atomic E-state index is 7.17. The van der Waals surface area contributed by atoms with Gasteiger partial charge >= 0.3 is 58.8 Å². The summed E-state index contributed by atoms with van der Waals surface area (Å²) in [4.78, 5) is 0. The van der Waals surface area contributed by atoms with Crippen LogP contribution in [0.4, 0.5) is 0 Å². The van der Waals surface area contributed by atoms with Crippen LogP contribution in [0.5, 0.6) is 0 Å². The van der Waals surface area contributed by atoms with E-state index in [1.165, 1.54) is 0 Å². The van der Waals surface area contributed by atoms with E-state index < -0.39 is 29.3 Å². The zero-order chi connectivity index (χ0) is 14.3. The van der Waals surface area contributed by atoms with Crippen LogP contribution in [-0.4, -0.2) is 119 Å². The molecule has 0 fully saturated rings. The van der Waals surface area contributed by atoms with Crippen molar-refractivity contribution in [2.24, 2.45) is 0 Å². The molecule has 0 bridgehead atoms. The molecule has 0 rings (SSSR count). The maximum Gasteiger partial charge on any atom is 0 e. The molecule has 0 atom stereocenters. The second kappa shape index (κ2) is 31.0. The fraction of sp³-hybridized carbons (Fsp3) is 0. The molecule has 18 heteroatoms. The van der Waals surface area contributed by atoms with Crippen LogP contribution in [0.1, 0.15) is 0 Å². The van der Waals surface area contributed by atoms with Crippen molar-refractivity contribution in [3.05, 3.63) is 0 Å². The van der Waals surface area contributed by atoms with Gasteiger partial charge < -0.3 is 60.3 Å². The summed E-state index contributed by atoms with van der Waals surface area (Å²) < 4.78 is 0. The Morgan fingerprint density at radius 2 is 0.333 bits per heavy atom. The van der Waals surface area contributed by atoms with Gasteiger partial charge in [-0.25, -0.2) is 0 Å². The van der Waals surface area contributed by atoms with E-state index in [-0.39, 0.29) is 49.0 Å². The molecule has 0 saturated carbocycles. The van der Waals surface area contributed by atoms with E-state index in [0.29, 0.717) is 0 Å². The minimum Gasteiger partial charge on any atom is 0 e. The molecule has 0 aromatic carbocycles. The van der Waals surface area contributed by atoms with Crippen LogP contribution in [0.3, 0.4) is 0 Å². The smallest absolute Gasteiger partial charge is 0 e. The van der Waals surface area contributed by atoms with Gasteiger partial charge in [0, 0.05) is 19.5 Å². The Balaban J connectivity index is -0.0000000257. The van der Waals surface area contributed by atoms with Crippen molar-refractivity contribution in [3.8, 4) is 0 Å². The molecule has 0 aliphatic carbocycles. The summed E-state index contributed by atoms with van der Waals surface area (Å²) >= 11 is 0. The van der Waals surface area contributed by atoms with Crippen molar-refractivity contribution in [1.82, 2.24) is 0 Å². The number of hydrogen-bond acceptors (Lipinski definition) is 12. The quantitative estimate of drug-likeness (QED) is 0.184. The SMILES string of the molecule is OB(O)O.OB(O)O.OB(O)O.OB(O)O.[NaH].[Zn]. The van der Waals surface area contributed by atoms with E-state index in [2.05, 4.69) is 0 Å². The molecular weight excluding hydrogens is 324 g/mol. The van der Waals surface area contributed by atoms with Crippen molar-refractivity contribution in [3.63, 3.8) is 0 Å². The van der Waals surface area contributed by atoms with Crippen molar-refractivity contribution in [1.29, 1.82) is 0 Å². The molecule has 0 aromatic rings. The van der Waals surface area contributed by atoms with Gasteiger partial charge in [-0.3, -0.25) is 0 Å². The summed E-state index contributed by atoms with van der Waals surface area (Å²) in [7, 11) is -8.67. The average molecular weight is 337 g/mol. The monoisotopic (exact) mass is 336 g/mol. The average Bonchev–Trinajstić information content (AvgIpc) is 1.76. The third-order valence-electron chi connectivity index (χ3n) is 0. The molecule has 0 saturated heterocycles. The third kappa shape index (κ3) is 2380. The zero-order valence-electron chi connectivity index (χ0n) is 8.38. The summed E-state index contributed by atoms with van der Waals surface area (Å²) in [5.41, 5.74) is 0. The van der Waals surface area contributed by atoms with Crippen molar-refractivity contribution in [2.75, 3.05) is 0 Å². The van der Waals surface area contributed by atoms with Crippen LogP contribution in [0, 0.1) is 0 Å². The van der Waals surface area contributed by atoms with Crippen LogP contribution in [0.25, 0.3) is 0 Å². The summed E-state index contributed by atoms with van der Waals surface area (Å²) in [5, 5.41) is 86.0. The van der Waals surface area contributed by atoms with Crippen LogP contribution in [0.2, 0.25) is 0 Å². The van der Waals surface area contributed by atoms with Crippen LogP contribution in [0.15, 0.2) is 0 Å². The Kier molecular flexibility index (Phi) is 63.1. The Morgan fingerprint density at radius 1 is 0.333 bits per heavy atom. The Bertz CT molecular complexity index is 67.1. The molecular formula is H13B4NaO12Zn. The van der Waals surface area contributed by atoms with Gasteiger partial charge in [-0.1, -0.05) is 0 Å². The first kappa shape index (κ1) is 36.6. The Labute approximate surface area is 138 Å². The fourth-order valence-electron chi connectivity index (χ4n) is 0.